The first-order valence-corrected chi connectivity index (χ1v) is 10.7. The molecule has 0 aliphatic carbocycles. The average Bonchev–Trinajstić information content (AvgIpc) is 2.74. The first kappa shape index (κ1) is 21.0. The number of hydrogen-bond donors (Lipinski definition) is 1. The Kier molecular flexibility index (Phi) is 6.68. The zero-order chi connectivity index (χ0) is 20.9. The number of amides is 1. The molecule has 0 spiro atoms. The predicted molar refractivity (Wildman–Crippen MR) is 111 cm³/mol. The number of benzene rings is 2. The van der Waals surface area contributed by atoms with Gasteiger partial charge in [-0.2, -0.15) is 4.31 Å². The molecule has 0 radical (unpaired) electrons. The highest BCUT2D eigenvalue weighted by Gasteiger charge is 2.29. The number of anilines is 1. The van der Waals surface area contributed by atoms with Crippen LogP contribution in [-0.4, -0.2) is 52.0 Å². The summed E-state index contributed by atoms with van der Waals surface area (Å²) in [4.78, 5) is 12.3. The Morgan fingerprint density at radius 2 is 1.83 bits per heavy atom. The van der Waals surface area contributed by atoms with Crippen LogP contribution in [0.25, 0.3) is 6.08 Å². The fourth-order valence-corrected chi connectivity index (χ4v) is 4.50. The smallest absolute Gasteiger partial charge is 0.248 e. The van der Waals surface area contributed by atoms with Crippen molar-refractivity contribution in [3.05, 3.63) is 59.7 Å². The third-order valence-corrected chi connectivity index (χ3v) is 6.44. The first-order valence-electron chi connectivity index (χ1n) is 9.22. The van der Waals surface area contributed by atoms with Crippen molar-refractivity contribution >= 4 is 27.7 Å². The van der Waals surface area contributed by atoms with Crippen molar-refractivity contribution in [1.82, 2.24) is 4.31 Å². The van der Waals surface area contributed by atoms with Crippen LogP contribution in [0, 0.1) is 6.92 Å². The van der Waals surface area contributed by atoms with Crippen LogP contribution in [-0.2, 0) is 19.6 Å². The largest absolute Gasteiger partial charge is 0.495 e. The van der Waals surface area contributed by atoms with E-state index >= 15 is 0 Å². The van der Waals surface area contributed by atoms with Crippen LogP contribution in [0.15, 0.2) is 53.4 Å². The van der Waals surface area contributed by atoms with Gasteiger partial charge in [-0.15, -0.1) is 0 Å². The lowest BCUT2D eigenvalue weighted by Gasteiger charge is -2.26. The van der Waals surface area contributed by atoms with Crippen molar-refractivity contribution in [2.75, 3.05) is 38.7 Å². The van der Waals surface area contributed by atoms with Gasteiger partial charge in [0.15, 0.2) is 0 Å². The van der Waals surface area contributed by atoms with E-state index in [1.54, 1.807) is 12.1 Å². The molecular weight excluding hydrogens is 392 g/mol. The van der Waals surface area contributed by atoms with Gasteiger partial charge in [-0.05, 0) is 36.8 Å². The quantitative estimate of drug-likeness (QED) is 0.732. The van der Waals surface area contributed by atoms with Gasteiger partial charge in [0.25, 0.3) is 0 Å². The Balaban J connectivity index is 1.79. The molecular formula is C21H24N2O5S. The molecule has 29 heavy (non-hydrogen) atoms. The molecule has 1 N–H and O–H groups in total. The normalized spacial score (nSPS) is 15.4. The number of methoxy groups -OCH3 is 1. The van der Waals surface area contributed by atoms with Gasteiger partial charge in [-0.1, -0.05) is 29.8 Å². The van der Waals surface area contributed by atoms with E-state index in [2.05, 4.69) is 5.32 Å². The van der Waals surface area contributed by atoms with Crippen LogP contribution in [0.4, 0.5) is 5.69 Å². The minimum atomic E-state index is -3.76. The van der Waals surface area contributed by atoms with Crippen molar-refractivity contribution in [2.45, 2.75) is 11.8 Å². The molecule has 1 aliphatic rings. The van der Waals surface area contributed by atoms with Crippen molar-refractivity contribution in [2.24, 2.45) is 0 Å². The Labute approximate surface area is 171 Å². The molecule has 1 heterocycles. The number of aryl methyl sites for hydroxylation is 1. The predicted octanol–water partition coefficient (Wildman–Crippen LogP) is 2.68. The summed E-state index contributed by atoms with van der Waals surface area (Å²) in [5.41, 5.74) is 2.41. The highest BCUT2D eigenvalue weighted by atomic mass is 32.2. The Morgan fingerprint density at radius 1 is 1.14 bits per heavy atom. The lowest BCUT2D eigenvalue weighted by Crippen LogP contribution is -2.40. The van der Waals surface area contributed by atoms with Gasteiger partial charge in [0, 0.05) is 24.9 Å². The second-order valence-corrected chi connectivity index (χ2v) is 8.52. The summed E-state index contributed by atoms with van der Waals surface area (Å²) in [6.45, 7) is 3.25. The monoisotopic (exact) mass is 416 g/mol. The van der Waals surface area contributed by atoms with E-state index in [0.717, 1.165) is 11.1 Å². The van der Waals surface area contributed by atoms with Crippen LogP contribution in [0.5, 0.6) is 5.75 Å². The SMILES string of the molecule is COc1ccc(NC(=O)/C=C/c2ccc(C)cc2)cc1S(=O)(=O)N1CCOCC1. The molecule has 1 fully saturated rings. The van der Waals surface area contributed by atoms with E-state index in [0.29, 0.717) is 18.9 Å². The van der Waals surface area contributed by atoms with Gasteiger partial charge >= 0.3 is 0 Å². The van der Waals surface area contributed by atoms with Gasteiger partial charge < -0.3 is 14.8 Å². The minimum Gasteiger partial charge on any atom is -0.495 e. The molecule has 1 amide bonds. The summed E-state index contributed by atoms with van der Waals surface area (Å²) >= 11 is 0. The number of carbonyl (C=O) groups excluding carboxylic acids is 1. The number of nitrogens with one attached hydrogen (secondary N) is 1. The number of nitrogens with zero attached hydrogens (tertiary/aromatic N) is 1. The molecule has 0 saturated carbocycles. The van der Waals surface area contributed by atoms with E-state index < -0.39 is 10.0 Å². The zero-order valence-corrected chi connectivity index (χ0v) is 17.2. The second kappa shape index (κ2) is 9.21. The molecule has 0 aromatic heterocycles. The first-order chi connectivity index (χ1) is 13.9. The van der Waals surface area contributed by atoms with Crippen molar-refractivity contribution in [1.29, 1.82) is 0 Å². The van der Waals surface area contributed by atoms with E-state index in [1.807, 2.05) is 31.2 Å². The summed E-state index contributed by atoms with van der Waals surface area (Å²) in [5.74, 6) is -0.129. The summed E-state index contributed by atoms with van der Waals surface area (Å²) in [5, 5.41) is 2.70. The fraction of sp³-hybridized carbons (Fsp3) is 0.286. The van der Waals surface area contributed by atoms with E-state index in [9.17, 15) is 13.2 Å². The van der Waals surface area contributed by atoms with Gasteiger partial charge in [0.2, 0.25) is 15.9 Å². The van der Waals surface area contributed by atoms with Gasteiger partial charge in [-0.3, -0.25) is 4.79 Å². The lowest BCUT2D eigenvalue weighted by molar-refractivity contribution is -0.111. The molecule has 0 bridgehead atoms. The van der Waals surface area contributed by atoms with Crippen molar-refractivity contribution in [3.8, 4) is 5.75 Å². The summed E-state index contributed by atoms with van der Waals surface area (Å²) in [7, 11) is -2.35. The average molecular weight is 416 g/mol. The van der Waals surface area contributed by atoms with Crippen molar-refractivity contribution < 1.29 is 22.7 Å². The standard InChI is InChI=1S/C21H24N2O5S/c1-16-3-5-17(6-4-16)7-10-21(24)22-18-8-9-19(27-2)20(15-18)29(25,26)23-11-13-28-14-12-23/h3-10,15H,11-14H2,1-2H3,(H,22,24)/b10-7+. The molecule has 2 aromatic carbocycles. The number of hydrogen-bond acceptors (Lipinski definition) is 5. The Bertz CT molecular complexity index is 994. The zero-order valence-electron chi connectivity index (χ0n) is 16.4. The van der Waals surface area contributed by atoms with E-state index in [4.69, 9.17) is 9.47 Å². The topological polar surface area (TPSA) is 84.9 Å². The maximum atomic E-state index is 13.0. The number of ether oxygens (including phenoxy) is 2. The van der Waals surface area contributed by atoms with Crippen LogP contribution in [0.2, 0.25) is 0 Å². The van der Waals surface area contributed by atoms with Crippen molar-refractivity contribution in [3.63, 3.8) is 0 Å². The summed E-state index contributed by atoms with van der Waals surface area (Å²) in [6, 6.07) is 12.3. The molecule has 1 aliphatic heterocycles. The molecule has 3 rings (SSSR count). The molecule has 0 atom stereocenters. The molecule has 0 unspecified atom stereocenters. The summed E-state index contributed by atoms with van der Waals surface area (Å²) < 4.78 is 37.8. The van der Waals surface area contributed by atoms with E-state index in [1.165, 1.54) is 29.6 Å². The van der Waals surface area contributed by atoms with Crippen LogP contribution in [0.3, 0.4) is 0 Å². The second-order valence-electron chi connectivity index (χ2n) is 6.62. The maximum absolute atomic E-state index is 13.0. The third-order valence-electron chi connectivity index (χ3n) is 4.52. The Morgan fingerprint density at radius 3 is 2.48 bits per heavy atom. The number of sulfonamides is 1. The van der Waals surface area contributed by atoms with Crippen LogP contribution < -0.4 is 10.1 Å². The fourth-order valence-electron chi connectivity index (χ4n) is 2.92. The lowest BCUT2D eigenvalue weighted by atomic mass is 10.1. The number of rotatable bonds is 6. The Hall–Kier alpha value is -2.68. The molecule has 154 valence electrons. The highest BCUT2D eigenvalue weighted by molar-refractivity contribution is 7.89. The third kappa shape index (κ3) is 5.23. The summed E-state index contributed by atoms with van der Waals surface area (Å²) in [6.07, 6.45) is 3.11. The highest BCUT2D eigenvalue weighted by Crippen LogP contribution is 2.30. The molecule has 1 saturated heterocycles. The maximum Gasteiger partial charge on any atom is 0.248 e. The van der Waals surface area contributed by atoms with Crippen LogP contribution >= 0.6 is 0 Å². The van der Waals surface area contributed by atoms with E-state index in [-0.39, 0.29) is 29.6 Å². The van der Waals surface area contributed by atoms with Gasteiger partial charge in [-0.25, -0.2) is 8.42 Å². The molecule has 7 nitrogen and oxygen atoms in total. The number of morpholine rings is 1. The molecule has 8 heteroatoms. The minimum absolute atomic E-state index is 0.0159. The molecule has 2 aromatic rings. The number of carbonyl (C=O) groups is 1. The van der Waals surface area contributed by atoms with Gasteiger partial charge in [0.1, 0.15) is 10.6 Å². The van der Waals surface area contributed by atoms with Gasteiger partial charge in [0.05, 0.1) is 20.3 Å². The van der Waals surface area contributed by atoms with Crippen LogP contribution in [0.1, 0.15) is 11.1 Å².